The molecule has 3 rings (SSSR count). The van der Waals surface area contributed by atoms with Gasteiger partial charge < -0.3 is 14.3 Å². The number of aliphatic carboxylic acids is 1. The van der Waals surface area contributed by atoms with E-state index in [4.69, 9.17) is 25.9 Å². The van der Waals surface area contributed by atoms with Gasteiger partial charge in [-0.25, -0.2) is 4.79 Å². The zero-order valence-electron chi connectivity index (χ0n) is 11.2. The minimum atomic E-state index is -4.91. The summed E-state index contributed by atoms with van der Waals surface area (Å²) in [7, 11) is 0. The molecule has 23 heavy (non-hydrogen) atoms. The third kappa shape index (κ3) is 2.57. The van der Waals surface area contributed by atoms with Crippen molar-refractivity contribution < 1.29 is 32.2 Å². The Morgan fingerprint density at radius 1 is 1.22 bits per heavy atom. The molecule has 1 aliphatic rings. The van der Waals surface area contributed by atoms with Crippen LogP contribution in [-0.2, 0) is 4.79 Å². The summed E-state index contributed by atoms with van der Waals surface area (Å²) in [6.45, 7) is 0. The van der Waals surface area contributed by atoms with Crippen LogP contribution >= 0.6 is 11.6 Å². The van der Waals surface area contributed by atoms with Gasteiger partial charge in [0, 0.05) is 11.1 Å². The van der Waals surface area contributed by atoms with E-state index in [1.807, 2.05) is 0 Å². The fraction of sp³-hybridized carbons (Fsp3) is 0.133. The molecule has 0 saturated heterocycles. The summed E-state index contributed by atoms with van der Waals surface area (Å²) in [4.78, 5) is 11.3. The van der Waals surface area contributed by atoms with E-state index in [0.717, 1.165) is 0 Å². The molecule has 0 aliphatic carbocycles. The maximum absolute atomic E-state index is 13.1. The predicted molar refractivity (Wildman–Crippen MR) is 75.0 cm³/mol. The zero-order valence-corrected chi connectivity index (χ0v) is 12.0. The first-order valence-electron chi connectivity index (χ1n) is 6.34. The smallest absolute Gasteiger partial charge is 0.430 e. The van der Waals surface area contributed by atoms with Gasteiger partial charge >= 0.3 is 12.1 Å². The average molecular weight is 345 g/mol. The molecular formula is C15H8ClF3O4. The van der Waals surface area contributed by atoms with E-state index in [1.165, 1.54) is 18.4 Å². The van der Waals surface area contributed by atoms with E-state index in [9.17, 15) is 18.0 Å². The molecule has 8 heteroatoms. The monoisotopic (exact) mass is 344 g/mol. The molecule has 1 unspecified atom stereocenters. The number of fused-ring (bicyclic) bond motifs is 1. The minimum Gasteiger partial charge on any atom is -0.478 e. The summed E-state index contributed by atoms with van der Waals surface area (Å²) in [5, 5.41) is 8.62. The molecule has 0 amide bonds. The van der Waals surface area contributed by atoms with Crippen molar-refractivity contribution in [2.24, 2.45) is 0 Å². The molecule has 2 heterocycles. The van der Waals surface area contributed by atoms with Crippen molar-refractivity contribution in [3.05, 3.63) is 47.7 Å². The third-order valence-electron chi connectivity index (χ3n) is 3.30. The van der Waals surface area contributed by atoms with Crippen LogP contribution in [-0.4, -0.2) is 23.4 Å². The van der Waals surface area contributed by atoms with Crippen molar-refractivity contribution in [1.82, 2.24) is 0 Å². The standard InChI is InChI=1S/C15H8ClF3O4/c16-12-10-7(8-5-2-6-22-8)3-1-4-9(10)23-13(15(17,18)19)11(12)14(20)21/h1-6,13H,(H,20,21). The fourth-order valence-electron chi connectivity index (χ4n) is 2.37. The third-order valence-corrected chi connectivity index (χ3v) is 3.70. The molecule has 1 aliphatic heterocycles. The lowest BCUT2D eigenvalue weighted by Crippen LogP contribution is -2.41. The summed E-state index contributed by atoms with van der Waals surface area (Å²) in [5.74, 6) is -1.62. The lowest BCUT2D eigenvalue weighted by atomic mass is 9.96. The van der Waals surface area contributed by atoms with Crippen LogP contribution in [0.2, 0.25) is 0 Å². The molecule has 4 nitrogen and oxygen atoms in total. The Morgan fingerprint density at radius 3 is 2.52 bits per heavy atom. The van der Waals surface area contributed by atoms with Crippen LogP contribution < -0.4 is 4.74 Å². The Balaban J connectivity index is 2.27. The van der Waals surface area contributed by atoms with Gasteiger partial charge in [0.15, 0.2) is 0 Å². The molecule has 2 aromatic rings. The highest BCUT2D eigenvalue weighted by Gasteiger charge is 2.50. The van der Waals surface area contributed by atoms with Crippen molar-refractivity contribution >= 4 is 22.6 Å². The van der Waals surface area contributed by atoms with Crippen molar-refractivity contribution in [1.29, 1.82) is 0 Å². The van der Waals surface area contributed by atoms with E-state index < -0.39 is 28.9 Å². The van der Waals surface area contributed by atoms with Gasteiger partial charge in [-0.2, -0.15) is 13.2 Å². The number of carboxylic acid groups (broad SMARTS) is 1. The molecule has 0 bridgehead atoms. The Kier molecular flexibility index (Phi) is 3.60. The Hall–Kier alpha value is -2.41. The second kappa shape index (κ2) is 5.34. The van der Waals surface area contributed by atoms with Gasteiger partial charge in [0.25, 0.3) is 0 Å². The average Bonchev–Trinajstić information content (AvgIpc) is 2.99. The lowest BCUT2D eigenvalue weighted by molar-refractivity contribution is -0.187. The van der Waals surface area contributed by atoms with Crippen LogP contribution in [0.25, 0.3) is 16.4 Å². The molecule has 120 valence electrons. The largest absolute Gasteiger partial charge is 0.478 e. The second-order valence-corrected chi connectivity index (χ2v) is 5.11. The number of rotatable bonds is 2. The quantitative estimate of drug-likeness (QED) is 0.882. The van der Waals surface area contributed by atoms with Crippen LogP contribution in [0.15, 0.2) is 46.6 Å². The van der Waals surface area contributed by atoms with Crippen molar-refractivity contribution in [3.63, 3.8) is 0 Å². The Bertz CT molecular complexity index is 794. The van der Waals surface area contributed by atoms with Crippen molar-refractivity contribution in [2.75, 3.05) is 0 Å². The van der Waals surface area contributed by atoms with Crippen LogP contribution in [0, 0.1) is 0 Å². The Labute approximate surface area is 132 Å². The van der Waals surface area contributed by atoms with Gasteiger partial charge in [-0.15, -0.1) is 0 Å². The zero-order chi connectivity index (χ0) is 16.8. The number of hydrogen-bond donors (Lipinski definition) is 1. The summed E-state index contributed by atoms with van der Waals surface area (Å²) in [6.07, 6.45) is -6.16. The van der Waals surface area contributed by atoms with Gasteiger partial charge in [-0.05, 0) is 18.2 Å². The number of carbonyl (C=O) groups is 1. The predicted octanol–water partition coefficient (Wildman–Crippen LogP) is 4.30. The number of benzene rings is 1. The minimum absolute atomic E-state index is 0.0574. The summed E-state index contributed by atoms with van der Waals surface area (Å²) >= 11 is 6.01. The van der Waals surface area contributed by atoms with Gasteiger partial charge in [0.2, 0.25) is 6.10 Å². The van der Waals surface area contributed by atoms with Gasteiger partial charge in [0.05, 0.1) is 11.3 Å². The molecule has 1 atom stereocenters. The van der Waals surface area contributed by atoms with Crippen molar-refractivity contribution in [2.45, 2.75) is 12.3 Å². The molecule has 1 aromatic heterocycles. The highest BCUT2D eigenvalue weighted by atomic mass is 35.5. The van der Waals surface area contributed by atoms with E-state index in [2.05, 4.69) is 0 Å². The van der Waals surface area contributed by atoms with Crippen LogP contribution in [0.1, 0.15) is 5.56 Å². The molecule has 0 fully saturated rings. The van der Waals surface area contributed by atoms with Crippen LogP contribution in [0.5, 0.6) is 5.75 Å². The van der Waals surface area contributed by atoms with Gasteiger partial charge in [-0.3, -0.25) is 0 Å². The second-order valence-electron chi connectivity index (χ2n) is 4.73. The Morgan fingerprint density at radius 2 is 1.96 bits per heavy atom. The first-order valence-corrected chi connectivity index (χ1v) is 6.72. The maximum atomic E-state index is 13.1. The molecule has 1 N–H and O–H groups in total. The fourth-order valence-corrected chi connectivity index (χ4v) is 2.74. The summed E-state index contributed by atoms with van der Waals surface area (Å²) in [5.41, 5.74) is -0.649. The van der Waals surface area contributed by atoms with Gasteiger partial charge in [-0.1, -0.05) is 23.7 Å². The van der Waals surface area contributed by atoms with Crippen LogP contribution in [0.3, 0.4) is 0 Å². The number of halogens is 4. The normalized spacial score (nSPS) is 17.7. The summed E-state index contributed by atoms with van der Waals surface area (Å²) in [6, 6.07) is 7.49. The highest BCUT2D eigenvalue weighted by molar-refractivity contribution is 6.52. The molecule has 0 spiro atoms. The van der Waals surface area contributed by atoms with Crippen LogP contribution in [0.4, 0.5) is 13.2 Å². The molecule has 0 saturated carbocycles. The van der Waals surface area contributed by atoms with Gasteiger partial charge in [0.1, 0.15) is 17.1 Å². The van der Waals surface area contributed by atoms with E-state index in [1.54, 1.807) is 18.2 Å². The number of hydrogen-bond acceptors (Lipinski definition) is 3. The number of ether oxygens (including phenoxy) is 1. The maximum Gasteiger partial charge on any atom is 0.430 e. The topological polar surface area (TPSA) is 59.7 Å². The van der Waals surface area contributed by atoms with E-state index in [0.29, 0.717) is 11.3 Å². The number of furan rings is 1. The molecule has 0 radical (unpaired) electrons. The molecular weight excluding hydrogens is 337 g/mol. The van der Waals surface area contributed by atoms with E-state index in [-0.39, 0.29) is 11.3 Å². The molecule has 1 aromatic carbocycles. The number of alkyl halides is 3. The lowest BCUT2D eigenvalue weighted by Gasteiger charge is -2.29. The summed E-state index contributed by atoms with van der Waals surface area (Å²) < 4.78 is 49.4. The van der Waals surface area contributed by atoms with E-state index >= 15 is 0 Å². The van der Waals surface area contributed by atoms with Crippen molar-refractivity contribution in [3.8, 4) is 17.1 Å². The highest BCUT2D eigenvalue weighted by Crippen LogP contribution is 2.46. The first-order chi connectivity index (χ1) is 10.8. The SMILES string of the molecule is O=C(O)C1=C(Cl)c2c(cccc2-c2ccco2)OC1C(F)(F)F. The first kappa shape index (κ1) is 15.5. The number of carboxylic acids is 1.